The van der Waals surface area contributed by atoms with E-state index in [1.165, 1.54) is 18.2 Å². The van der Waals surface area contributed by atoms with E-state index < -0.39 is 5.82 Å². The molecule has 0 unspecified atom stereocenters. The SMILES string of the molecule is CC1(C)Cc2nc(-c3cnccn3)ncc2[C@H](NC(=O)COc2cccc(F)c2)C1. The van der Waals surface area contributed by atoms with Crippen molar-refractivity contribution in [3.63, 3.8) is 0 Å². The first-order chi connectivity index (χ1) is 14.4. The minimum atomic E-state index is -0.410. The van der Waals surface area contributed by atoms with Gasteiger partial charge >= 0.3 is 0 Å². The van der Waals surface area contributed by atoms with Crippen molar-refractivity contribution >= 4 is 5.91 Å². The zero-order chi connectivity index (χ0) is 21.1. The van der Waals surface area contributed by atoms with Gasteiger partial charge in [0.25, 0.3) is 5.91 Å². The average Bonchev–Trinajstić information content (AvgIpc) is 2.72. The molecule has 0 saturated heterocycles. The Hall–Kier alpha value is -3.42. The second-order valence-corrected chi connectivity index (χ2v) is 8.10. The molecule has 1 amide bonds. The summed E-state index contributed by atoms with van der Waals surface area (Å²) in [6, 6.07) is 5.48. The van der Waals surface area contributed by atoms with E-state index in [4.69, 9.17) is 9.72 Å². The molecule has 0 spiro atoms. The number of nitrogens with one attached hydrogen (secondary N) is 1. The minimum Gasteiger partial charge on any atom is -0.484 e. The van der Waals surface area contributed by atoms with E-state index in [1.807, 2.05) is 0 Å². The molecular formula is C22H22FN5O2. The zero-order valence-electron chi connectivity index (χ0n) is 16.8. The molecule has 1 aromatic carbocycles. The molecule has 7 nitrogen and oxygen atoms in total. The van der Waals surface area contributed by atoms with Crippen molar-refractivity contribution < 1.29 is 13.9 Å². The van der Waals surface area contributed by atoms with Crippen LogP contribution in [-0.4, -0.2) is 32.4 Å². The lowest BCUT2D eigenvalue weighted by molar-refractivity contribution is -0.124. The molecule has 0 fully saturated rings. The van der Waals surface area contributed by atoms with E-state index in [-0.39, 0.29) is 24.0 Å². The van der Waals surface area contributed by atoms with E-state index in [0.29, 0.717) is 17.3 Å². The fraction of sp³-hybridized carbons (Fsp3) is 0.318. The van der Waals surface area contributed by atoms with Gasteiger partial charge in [0.1, 0.15) is 17.3 Å². The molecule has 154 valence electrons. The monoisotopic (exact) mass is 407 g/mol. The average molecular weight is 407 g/mol. The fourth-order valence-corrected chi connectivity index (χ4v) is 3.66. The summed E-state index contributed by atoms with van der Waals surface area (Å²) in [6.07, 6.45) is 8.09. The van der Waals surface area contributed by atoms with Crippen LogP contribution in [0.2, 0.25) is 0 Å². The first-order valence-electron chi connectivity index (χ1n) is 9.69. The highest BCUT2D eigenvalue weighted by Gasteiger charge is 2.34. The van der Waals surface area contributed by atoms with E-state index >= 15 is 0 Å². The van der Waals surface area contributed by atoms with Crippen LogP contribution in [0.3, 0.4) is 0 Å². The number of halogens is 1. The number of hydrogen-bond donors (Lipinski definition) is 1. The Balaban J connectivity index is 1.50. The number of amides is 1. The summed E-state index contributed by atoms with van der Waals surface area (Å²) in [4.78, 5) is 30.0. The molecule has 1 atom stereocenters. The van der Waals surface area contributed by atoms with Crippen LogP contribution in [0.4, 0.5) is 4.39 Å². The zero-order valence-corrected chi connectivity index (χ0v) is 16.8. The lowest BCUT2D eigenvalue weighted by Crippen LogP contribution is -2.39. The van der Waals surface area contributed by atoms with Crippen LogP contribution < -0.4 is 10.1 Å². The van der Waals surface area contributed by atoms with E-state index in [2.05, 4.69) is 34.1 Å². The molecule has 0 aliphatic heterocycles. The van der Waals surface area contributed by atoms with Gasteiger partial charge in [0.05, 0.1) is 17.9 Å². The lowest BCUT2D eigenvalue weighted by atomic mass is 9.74. The third-order valence-electron chi connectivity index (χ3n) is 4.97. The summed E-state index contributed by atoms with van der Waals surface area (Å²) in [5.41, 5.74) is 2.33. The van der Waals surface area contributed by atoms with Gasteiger partial charge in [-0.25, -0.2) is 19.3 Å². The van der Waals surface area contributed by atoms with E-state index in [9.17, 15) is 9.18 Å². The molecule has 1 N–H and O–H groups in total. The molecule has 8 heteroatoms. The van der Waals surface area contributed by atoms with Crippen molar-refractivity contribution in [2.24, 2.45) is 5.41 Å². The molecule has 0 radical (unpaired) electrons. The van der Waals surface area contributed by atoms with Crippen molar-refractivity contribution in [2.75, 3.05) is 6.61 Å². The maximum absolute atomic E-state index is 13.3. The third kappa shape index (κ3) is 4.59. The van der Waals surface area contributed by atoms with Crippen LogP contribution in [0.1, 0.15) is 37.6 Å². The molecule has 2 heterocycles. The van der Waals surface area contributed by atoms with E-state index in [0.717, 1.165) is 24.1 Å². The summed E-state index contributed by atoms with van der Waals surface area (Å²) in [6.45, 7) is 4.08. The Kier molecular flexibility index (Phi) is 5.39. The number of carbonyl (C=O) groups excluding carboxylic acids is 1. The van der Waals surface area contributed by atoms with Crippen LogP contribution in [0.5, 0.6) is 5.75 Å². The molecule has 0 bridgehead atoms. The predicted octanol–water partition coefficient (Wildman–Crippen LogP) is 3.28. The van der Waals surface area contributed by atoms with E-state index in [1.54, 1.807) is 30.9 Å². The van der Waals surface area contributed by atoms with Crippen molar-refractivity contribution in [3.05, 3.63) is 66.1 Å². The van der Waals surface area contributed by atoms with Crippen LogP contribution in [0.25, 0.3) is 11.5 Å². The Morgan fingerprint density at radius 1 is 1.27 bits per heavy atom. The van der Waals surface area contributed by atoms with Crippen LogP contribution in [0, 0.1) is 11.2 Å². The van der Waals surface area contributed by atoms with Gasteiger partial charge < -0.3 is 10.1 Å². The Labute approximate surface area is 173 Å². The second kappa shape index (κ2) is 8.14. The Morgan fingerprint density at radius 2 is 2.13 bits per heavy atom. The summed E-state index contributed by atoms with van der Waals surface area (Å²) in [5, 5.41) is 3.01. The number of aromatic nitrogens is 4. The first kappa shape index (κ1) is 19.9. The number of ether oxygens (including phenoxy) is 1. The number of benzene rings is 1. The molecule has 3 aromatic rings. The summed E-state index contributed by atoms with van der Waals surface area (Å²) < 4.78 is 18.7. The Morgan fingerprint density at radius 3 is 2.90 bits per heavy atom. The Bertz CT molecular complexity index is 1060. The highest BCUT2D eigenvalue weighted by molar-refractivity contribution is 5.78. The van der Waals surface area contributed by atoms with Gasteiger partial charge in [0, 0.05) is 30.2 Å². The van der Waals surface area contributed by atoms with Crippen molar-refractivity contribution in [3.8, 4) is 17.3 Å². The topological polar surface area (TPSA) is 89.9 Å². The van der Waals surface area contributed by atoms with Gasteiger partial charge in [-0.15, -0.1) is 0 Å². The molecule has 1 aliphatic carbocycles. The summed E-state index contributed by atoms with van der Waals surface area (Å²) >= 11 is 0. The maximum Gasteiger partial charge on any atom is 0.258 e. The largest absolute Gasteiger partial charge is 0.484 e. The van der Waals surface area contributed by atoms with Crippen molar-refractivity contribution in [2.45, 2.75) is 32.7 Å². The minimum absolute atomic E-state index is 0.0532. The van der Waals surface area contributed by atoms with Crippen molar-refractivity contribution in [1.82, 2.24) is 25.3 Å². The standard InChI is InChI=1S/C22H22FN5O2/c1-22(2)9-17(27-20(29)13-30-15-5-3-4-14(23)8-15)16-11-26-21(28-18(16)10-22)19-12-24-6-7-25-19/h3-8,11-12,17H,9-10,13H2,1-2H3,(H,27,29)/t17-/m1/s1. The normalized spacial score (nSPS) is 17.1. The number of nitrogens with zero attached hydrogens (tertiary/aromatic N) is 4. The van der Waals surface area contributed by atoms with Gasteiger partial charge in [0.2, 0.25) is 0 Å². The highest BCUT2D eigenvalue weighted by atomic mass is 19.1. The molecule has 2 aromatic heterocycles. The maximum atomic E-state index is 13.3. The van der Waals surface area contributed by atoms with Gasteiger partial charge in [0.15, 0.2) is 12.4 Å². The van der Waals surface area contributed by atoms with Crippen LogP contribution in [0.15, 0.2) is 49.1 Å². The predicted molar refractivity (Wildman–Crippen MR) is 108 cm³/mol. The number of carbonyl (C=O) groups is 1. The van der Waals surface area contributed by atoms with Gasteiger partial charge in [-0.1, -0.05) is 19.9 Å². The van der Waals surface area contributed by atoms with Crippen LogP contribution >= 0.6 is 0 Å². The smallest absolute Gasteiger partial charge is 0.258 e. The van der Waals surface area contributed by atoms with Gasteiger partial charge in [-0.3, -0.25) is 9.78 Å². The summed E-state index contributed by atoms with van der Waals surface area (Å²) in [5.74, 6) is 0.128. The third-order valence-corrected chi connectivity index (χ3v) is 4.97. The van der Waals surface area contributed by atoms with Crippen LogP contribution in [-0.2, 0) is 11.2 Å². The summed E-state index contributed by atoms with van der Waals surface area (Å²) in [7, 11) is 0. The second-order valence-electron chi connectivity index (χ2n) is 8.10. The molecular weight excluding hydrogens is 385 g/mol. The van der Waals surface area contributed by atoms with Gasteiger partial charge in [-0.2, -0.15) is 0 Å². The van der Waals surface area contributed by atoms with Gasteiger partial charge in [-0.05, 0) is 30.4 Å². The highest BCUT2D eigenvalue weighted by Crippen LogP contribution is 2.40. The molecule has 4 rings (SSSR count). The van der Waals surface area contributed by atoms with Crippen molar-refractivity contribution in [1.29, 1.82) is 0 Å². The fourth-order valence-electron chi connectivity index (χ4n) is 3.66. The first-order valence-corrected chi connectivity index (χ1v) is 9.69. The number of rotatable bonds is 5. The molecule has 1 aliphatic rings. The molecule has 0 saturated carbocycles. The molecule has 30 heavy (non-hydrogen) atoms. The number of fused-ring (bicyclic) bond motifs is 1. The quantitative estimate of drug-likeness (QED) is 0.698. The lowest BCUT2D eigenvalue weighted by Gasteiger charge is -2.36. The number of hydrogen-bond acceptors (Lipinski definition) is 6.